The lowest BCUT2D eigenvalue weighted by atomic mass is 10.1. The predicted molar refractivity (Wildman–Crippen MR) is 121 cm³/mol. The zero-order chi connectivity index (χ0) is 25.7. The quantitative estimate of drug-likeness (QED) is 0.362. The number of nitro groups is 1. The molecule has 1 aromatic carbocycles. The van der Waals surface area contributed by atoms with Gasteiger partial charge in [0.2, 0.25) is 10.0 Å². The molecule has 3 aromatic rings. The highest BCUT2D eigenvalue weighted by molar-refractivity contribution is 7.89. The SMILES string of the molecule is CCn1cc(S(=O)(=O)N2CCN(c3nc(=O)c4cc(C(F)(F)F)cc([N+](=O)[O-])c4s3)CC2)c(C)n1. The summed E-state index contributed by atoms with van der Waals surface area (Å²) in [5, 5.41) is 15.2. The van der Waals surface area contributed by atoms with Crippen LogP contribution in [0, 0.1) is 17.0 Å². The van der Waals surface area contributed by atoms with Crippen molar-refractivity contribution in [1.82, 2.24) is 19.1 Å². The van der Waals surface area contributed by atoms with Gasteiger partial charge in [-0.2, -0.15) is 27.6 Å². The molecule has 0 bridgehead atoms. The molecule has 0 unspecified atom stereocenters. The van der Waals surface area contributed by atoms with E-state index < -0.39 is 43.3 Å². The maximum Gasteiger partial charge on any atom is 0.416 e. The largest absolute Gasteiger partial charge is 0.416 e. The van der Waals surface area contributed by atoms with E-state index in [0.717, 1.165) is 11.3 Å². The number of halogens is 3. The van der Waals surface area contributed by atoms with Gasteiger partial charge in [-0.15, -0.1) is 0 Å². The van der Waals surface area contributed by atoms with Gasteiger partial charge in [0, 0.05) is 45.0 Å². The van der Waals surface area contributed by atoms with Crippen LogP contribution in [0.1, 0.15) is 18.2 Å². The molecule has 0 N–H and O–H groups in total. The highest BCUT2D eigenvalue weighted by Gasteiger charge is 2.35. The van der Waals surface area contributed by atoms with Crippen LogP contribution in [-0.2, 0) is 22.7 Å². The predicted octanol–water partition coefficient (Wildman–Crippen LogP) is 2.62. The summed E-state index contributed by atoms with van der Waals surface area (Å²) in [6.07, 6.45) is -3.41. The molecule has 16 heteroatoms. The lowest BCUT2D eigenvalue weighted by Gasteiger charge is -2.34. The van der Waals surface area contributed by atoms with Crippen molar-refractivity contribution < 1.29 is 26.5 Å². The molecule has 0 amide bonds. The molecule has 1 aliphatic heterocycles. The maximum atomic E-state index is 13.2. The van der Waals surface area contributed by atoms with Crippen molar-refractivity contribution in [3.63, 3.8) is 0 Å². The van der Waals surface area contributed by atoms with Crippen LogP contribution in [0.25, 0.3) is 10.1 Å². The van der Waals surface area contributed by atoms with Crippen molar-refractivity contribution in [2.75, 3.05) is 31.1 Å². The Labute approximate surface area is 200 Å². The zero-order valence-electron chi connectivity index (χ0n) is 18.4. The number of nitro benzene ring substituents is 1. The Morgan fingerprint density at radius 3 is 2.40 bits per heavy atom. The molecular weight excluding hydrogens is 513 g/mol. The number of aromatic nitrogens is 3. The van der Waals surface area contributed by atoms with E-state index in [1.807, 2.05) is 6.92 Å². The third-order valence-electron chi connectivity index (χ3n) is 5.57. The van der Waals surface area contributed by atoms with Crippen molar-refractivity contribution >= 4 is 42.3 Å². The van der Waals surface area contributed by atoms with E-state index in [1.54, 1.807) is 11.8 Å². The minimum absolute atomic E-state index is 0.0504. The first kappa shape index (κ1) is 25.0. The molecular formula is C19H19F3N6O5S2. The van der Waals surface area contributed by atoms with Gasteiger partial charge in [0.1, 0.15) is 9.60 Å². The monoisotopic (exact) mass is 532 g/mol. The number of non-ortho nitro benzene ring substituents is 1. The van der Waals surface area contributed by atoms with Crippen LogP contribution in [0.3, 0.4) is 0 Å². The summed E-state index contributed by atoms with van der Waals surface area (Å²) in [6.45, 7) is 4.30. The Hall–Kier alpha value is -3.11. The van der Waals surface area contributed by atoms with E-state index in [2.05, 4.69) is 10.1 Å². The van der Waals surface area contributed by atoms with Crippen molar-refractivity contribution in [2.45, 2.75) is 31.5 Å². The first-order chi connectivity index (χ1) is 16.3. The number of anilines is 1. The van der Waals surface area contributed by atoms with E-state index >= 15 is 0 Å². The number of alkyl halides is 3. The van der Waals surface area contributed by atoms with Crippen LogP contribution in [0.4, 0.5) is 24.0 Å². The molecule has 0 radical (unpaired) electrons. The number of aryl methyl sites for hydroxylation is 2. The smallest absolute Gasteiger partial charge is 0.345 e. The Kier molecular flexibility index (Phi) is 6.31. The average Bonchev–Trinajstić information content (AvgIpc) is 3.19. The second-order valence-corrected chi connectivity index (χ2v) is 10.6. The number of fused-ring (bicyclic) bond motifs is 1. The molecule has 4 rings (SSSR count). The third kappa shape index (κ3) is 4.60. The number of sulfonamides is 1. The van der Waals surface area contributed by atoms with Crippen molar-refractivity contribution in [2.24, 2.45) is 0 Å². The normalized spacial score (nSPS) is 15.6. The maximum absolute atomic E-state index is 13.2. The minimum Gasteiger partial charge on any atom is -0.345 e. The summed E-state index contributed by atoms with van der Waals surface area (Å²) in [5.74, 6) is 0. The number of rotatable bonds is 5. The summed E-state index contributed by atoms with van der Waals surface area (Å²) in [6, 6.07) is 0.951. The summed E-state index contributed by atoms with van der Waals surface area (Å²) in [7, 11) is -3.82. The van der Waals surface area contributed by atoms with Crippen molar-refractivity contribution in [3.8, 4) is 0 Å². The van der Waals surface area contributed by atoms with E-state index in [-0.39, 0.29) is 40.9 Å². The van der Waals surface area contributed by atoms with Crippen LogP contribution in [-0.4, -0.2) is 58.6 Å². The van der Waals surface area contributed by atoms with Crippen LogP contribution < -0.4 is 10.5 Å². The zero-order valence-corrected chi connectivity index (χ0v) is 20.1. The second-order valence-electron chi connectivity index (χ2n) is 7.75. The minimum atomic E-state index is -4.87. The Morgan fingerprint density at radius 1 is 1.20 bits per heavy atom. The molecule has 0 saturated carbocycles. The van der Waals surface area contributed by atoms with Gasteiger partial charge in [-0.25, -0.2) is 8.42 Å². The highest BCUT2D eigenvalue weighted by Crippen LogP contribution is 2.38. The van der Waals surface area contributed by atoms with Gasteiger partial charge in [0.15, 0.2) is 5.13 Å². The van der Waals surface area contributed by atoms with Crippen LogP contribution in [0.5, 0.6) is 0 Å². The number of benzene rings is 1. The summed E-state index contributed by atoms with van der Waals surface area (Å²) in [4.78, 5) is 28.5. The molecule has 35 heavy (non-hydrogen) atoms. The van der Waals surface area contributed by atoms with Crippen molar-refractivity contribution in [3.05, 3.63) is 50.1 Å². The molecule has 0 atom stereocenters. The summed E-state index contributed by atoms with van der Waals surface area (Å²) >= 11 is 0.720. The van der Waals surface area contributed by atoms with Gasteiger partial charge in [-0.05, 0) is 19.9 Å². The standard InChI is InChI=1S/C19H19F3N6O5S2/c1-3-26-10-15(11(2)24-26)35(32,33)27-6-4-25(5-7-27)18-23-17(29)13-8-12(19(20,21)22)9-14(28(30)31)16(13)34-18/h8-10H,3-7H2,1-2H3. The summed E-state index contributed by atoms with van der Waals surface area (Å²) in [5.41, 5.74) is -2.81. The second kappa shape index (κ2) is 8.83. The highest BCUT2D eigenvalue weighted by atomic mass is 32.2. The van der Waals surface area contributed by atoms with Gasteiger partial charge >= 0.3 is 6.18 Å². The fourth-order valence-electron chi connectivity index (χ4n) is 3.75. The van der Waals surface area contributed by atoms with Gasteiger partial charge in [-0.3, -0.25) is 19.6 Å². The van der Waals surface area contributed by atoms with Crippen LogP contribution in [0.15, 0.2) is 28.0 Å². The van der Waals surface area contributed by atoms with E-state index in [9.17, 15) is 36.5 Å². The molecule has 1 saturated heterocycles. The average molecular weight is 533 g/mol. The van der Waals surface area contributed by atoms with Crippen LogP contribution in [0.2, 0.25) is 0 Å². The van der Waals surface area contributed by atoms with Gasteiger partial charge in [0.25, 0.3) is 11.2 Å². The van der Waals surface area contributed by atoms with Gasteiger partial charge in [-0.1, -0.05) is 11.3 Å². The Morgan fingerprint density at radius 2 is 1.86 bits per heavy atom. The number of hydrogen-bond donors (Lipinski definition) is 0. The van der Waals surface area contributed by atoms with E-state index in [1.165, 1.54) is 15.2 Å². The van der Waals surface area contributed by atoms with Gasteiger partial charge < -0.3 is 4.90 Å². The third-order valence-corrected chi connectivity index (χ3v) is 8.73. The first-order valence-corrected chi connectivity index (χ1v) is 12.6. The van der Waals surface area contributed by atoms with E-state index in [4.69, 9.17) is 0 Å². The topological polar surface area (TPSA) is 132 Å². The molecule has 188 valence electrons. The molecule has 1 aliphatic rings. The lowest BCUT2D eigenvalue weighted by Crippen LogP contribution is -2.49. The number of piperazine rings is 1. The Balaban J connectivity index is 1.64. The van der Waals surface area contributed by atoms with Gasteiger partial charge in [0.05, 0.1) is 21.6 Å². The van der Waals surface area contributed by atoms with Crippen molar-refractivity contribution in [1.29, 1.82) is 0 Å². The molecule has 0 aliphatic carbocycles. The van der Waals surface area contributed by atoms with Crippen LogP contribution >= 0.6 is 11.3 Å². The fraction of sp³-hybridized carbons (Fsp3) is 0.421. The lowest BCUT2D eigenvalue weighted by molar-refractivity contribution is -0.383. The Bertz CT molecular complexity index is 1480. The molecule has 2 aromatic heterocycles. The molecule has 11 nitrogen and oxygen atoms in total. The fourth-order valence-corrected chi connectivity index (χ4v) is 6.46. The summed E-state index contributed by atoms with van der Waals surface area (Å²) < 4.78 is 68.2. The first-order valence-electron chi connectivity index (χ1n) is 10.3. The van der Waals surface area contributed by atoms with E-state index in [0.29, 0.717) is 24.4 Å². The number of hydrogen-bond acceptors (Lipinski definition) is 9. The molecule has 1 fully saturated rings. The molecule has 3 heterocycles. The molecule has 0 spiro atoms. The number of nitrogens with zero attached hydrogens (tertiary/aromatic N) is 6.